The summed E-state index contributed by atoms with van der Waals surface area (Å²) >= 11 is 0. The maximum absolute atomic E-state index is 12.3. The van der Waals surface area contributed by atoms with Crippen molar-refractivity contribution in [2.75, 3.05) is 30.8 Å². The number of ether oxygens (including phenoxy) is 1. The smallest absolute Gasteiger partial charge is 0.228 e. The molecule has 7 heteroatoms. The fourth-order valence-electron chi connectivity index (χ4n) is 2.40. The SMILES string of the molecule is COc1ccc(NC(C)=O)cc1NC(=O)[C@@H]1CCCNC1.Cl. The molecule has 3 N–H and O–H groups in total. The Morgan fingerprint density at radius 2 is 2.09 bits per heavy atom. The maximum atomic E-state index is 12.3. The topological polar surface area (TPSA) is 79.5 Å². The van der Waals surface area contributed by atoms with Crippen LogP contribution in [-0.4, -0.2) is 32.0 Å². The molecule has 1 aliphatic heterocycles. The molecule has 1 aliphatic rings. The fraction of sp³-hybridized carbons (Fsp3) is 0.467. The molecule has 122 valence electrons. The number of hydrogen-bond acceptors (Lipinski definition) is 4. The maximum Gasteiger partial charge on any atom is 0.228 e. The number of halogens is 1. The van der Waals surface area contributed by atoms with Crippen LogP contribution >= 0.6 is 12.4 Å². The second kappa shape index (κ2) is 8.60. The van der Waals surface area contributed by atoms with Crippen molar-refractivity contribution in [2.45, 2.75) is 19.8 Å². The van der Waals surface area contributed by atoms with Crippen LogP contribution in [0.3, 0.4) is 0 Å². The van der Waals surface area contributed by atoms with Gasteiger partial charge >= 0.3 is 0 Å². The number of hydrogen-bond donors (Lipinski definition) is 3. The Hall–Kier alpha value is -1.79. The number of carbonyl (C=O) groups excluding carboxylic acids is 2. The van der Waals surface area contributed by atoms with Gasteiger partial charge in [-0.1, -0.05) is 0 Å². The number of methoxy groups -OCH3 is 1. The molecule has 0 aromatic heterocycles. The highest BCUT2D eigenvalue weighted by Crippen LogP contribution is 2.28. The van der Waals surface area contributed by atoms with Gasteiger partial charge in [0.25, 0.3) is 0 Å². The van der Waals surface area contributed by atoms with Gasteiger partial charge in [0.15, 0.2) is 0 Å². The van der Waals surface area contributed by atoms with E-state index in [1.165, 1.54) is 6.92 Å². The van der Waals surface area contributed by atoms with Gasteiger partial charge in [-0.3, -0.25) is 9.59 Å². The van der Waals surface area contributed by atoms with Crippen molar-refractivity contribution < 1.29 is 14.3 Å². The lowest BCUT2D eigenvalue weighted by atomic mass is 9.99. The Bertz CT molecular complexity index is 531. The molecule has 6 nitrogen and oxygen atoms in total. The Kier molecular flexibility index (Phi) is 7.14. The first-order chi connectivity index (χ1) is 10.1. The quantitative estimate of drug-likeness (QED) is 0.790. The van der Waals surface area contributed by atoms with E-state index in [0.29, 0.717) is 23.7 Å². The van der Waals surface area contributed by atoms with Crippen molar-refractivity contribution in [1.82, 2.24) is 5.32 Å². The monoisotopic (exact) mass is 327 g/mol. The molecule has 2 rings (SSSR count). The first-order valence-corrected chi connectivity index (χ1v) is 7.07. The summed E-state index contributed by atoms with van der Waals surface area (Å²) in [5.41, 5.74) is 1.19. The molecule has 0 unspecified atom stereocenters. The summed E-state index contributed by atoms with van der Waals surface area (Å²) in [6.07, 6.45) is 1.88. The Morgan fingerprint density at radius 3 is 2.68 bits per heavy atom. The zero-order valence-electron chi connectivity index (χ0n) is 12.8. The van der Waals surface area contributed by atoms with Gasteiger partial charge in [-0.05, 0) is 37.6 Å². The summed E-state index contributed by atoms with van der Waals surface area (Å²) in [6, 6.07) is 5.16. The van der Waals surface area contributed by atoms with Crippen LogP contribution in [0.25, 0.3) is 0 Å². The molecule has 0 spiro atoms. The van der Waals surface area contributed by atoms with Gasteiger partial charge in [0.2, 0.25) is 11.8 Å². The number of anilines is 2. The third kappa shape index (κ3) is 4.89. The lowest BCUT2D eigenvalue weighted by molar-refractivity contribution is -0.120. The summed E-state index contributed by atoms with van der Waals surface area (Å²) in [5, 5.41) is 8.80. The van der Waals surface area contributed by atoms with Crippen molar-refractivity contribution in [3.63, 3.8) is 0 Å². The van der Waals surface area contributed by atoms with E-state index in [1.54, 1.807) is 25.3 Å². The minimum atomic E-state index is -0.158. The molecular formula is C15H22ClN3O3. The van der Waals surface area contributed by atoms with Crippen LogP contribution in [0.15, 0.2) is 18.2 Å². The van der Waals surface area contributed by atoms with E-state index in [1.807, 2.05) is 0 Å². The summed E-state index contributed by atoms with van der Waals surface area (Å²) in [5.74, 6) is 0.350. The van der Waals surface area contributed by atoms with Gasteiger partial charge < -0.3 is 20.7 Å². The molecule has 1 atom stereocenters. The summed E-state index contributed by atoms with van der Waals surface area (Å²) in [6.45, 7) is 3.10. The molecule has 0 radical (unpaired) electrons. The lowest BCUT2D eigenvalue weighted by Gasteiger charge is -2.22. The normalized spacial score (nSPS) is 17.1. The van der Waals surface area contributed by atoms with Crippen molar-refractivity contribution in [3.8, 4) is 5.75 Å². The van der Waals surface area contributed by atoms with Crippen molar-refractivity contribution in [3.05, 3.63) is 18.2 Å². The Labute approximate surface area is 136 Å². The predicted molar refractivity (Wildman–Crippen MR) is 88.8 cm³/mol. The molecule has 0 aliphatic carbocycles. The molecule has 0 saturated carbocycles. The minimum Gasteiger partial charge on any atom is -0.495 e. The van der Waals surface area contributed by atoms with Gasteiger partial charge in [0, 0.05) is 19.2 Å². The number of piperidine rings is 1. The number of rotatable bonds is 4. The van der Waals surface area contributed by atoms with Gasteiger partial charge in [0.05, 0.1) is 18.7 Å². The van der Waals surface area contributed by atoms with E-state index in [2.05, 4.69) is 16.0 Å². The third-order valence-corrected chi connectivity index (χ3v) is 3.45. The highest BCUT2D eigenvalue weighted by Gasteiger charge is 2.21. The zero-order chi connectivity index (χ0) is 15.2. The second-order valence-corrected chi connectivity index (χ2v) is 5.13. The number of carbonyl (C=O) groups is 2. The first kappa shape index (κ1) is 18.3. The summed E-state index contributed by atoms with van der Waals surface area (Å²) in [7, 11) is 1.55. The van der Waals surface area contributed by atoms with Gasteiger partial charge in [-0.25, -0.2) is 0 Å². The molecule has 1 heterocycles. The average Bonchev–Trinajstić information content (AvgIpc) is 2.48. The van der Waals surface area contributed by atoms with Crippen LogP contribution in [0.2, 0.25) is 0 Å². The van der Waals surface area contributed by atoms with Gasteiger partial charge in [0.1, 0.15) is 5.75 Å². The second-order valence-electron chi connectivity index (χ2n) is 5.13. The predicted octanol–water partition coefficient (Wildman–Crippen LogP) is 2.01. The van der Waals surface area contributed by atoms with Crippen LogP contribution in [0.1, 0.15) is 19.8 Å². The lowest BCUT2D eigenvalue weighted by Crippen LogP contribution is -2.37. The Morgan fingerprint density at radius 1 is 1.32 bits per heavy atom. The van der Waals surface area contributed by atoms with Crippen LogP contribution in [-0.2, 0) is 9.59 Å². The van der Waals surface area contributed by atoms with E-state index in [0.717, 1.165) is 19.4 Å². The van der Waals surface area contributed by atoms with Gasteiger partial charge in [-0.2, -0.15) is 0 Å². The molecule has 0 bridgehead atoms. The molecule has 22 heavy (non-hydrogen) atoms. The van der Waals surface area contributed by atoms with E-state index >= 15 is 0 Å². The van der Waals surface area contributed by atoms with Crippen molar-refractivity contribution in [2.24, 2.45) is 5.92 Å². The number of amides is 2. The fourth-order valence-corrected chi connectivity index (χ4v) is 2.40. The molecular weight excluding hydrogens is 306 g/mol. The van der Waals surface area contributed by atoms with E-state index in [9.17, 15) is 9.59 Å². The van der Waals surface area contributed by atoms with E-state index in [4.69, 9.17) is 4.74 Å². The standard InChI is InChI=1S/C15H21N3O3.ClH/c1-10(19)17-12-5-6-14(21-2)13(8-12)18-15(20)11-4-3-7-16-9-11;/h5-6,8,11,16H,3-4,7,9H2,1-2H3,(H,17,19)(H,18,20);1H/t11-;/m1./s1. The zero-order valence-corrected chi connectivity index (χ0v) is 13.6. The van der Waals surface area contributed by atoms with Crippen LogP contribution < -0.4 is 20.7 Å². The van der Waals surface area contributed by atoms with Crippen LogP contribution in [0, 0.1) is 5.92 Å². The average molecular weight is 328 g/mol. The molecule has 1 aromatic rings. The first-order valence-electron chi connectivity index (χ1n) is 7.07. The van der Waals surface area contributed by atoms with Crippen molar-refractivity contribution >= 4 is 35.6 Å². The highest BCUT2D eigenvalue weighted by molar-refractivity contribution is 5.96. The molecule has 1 saturated heterocycles. The summed E-state index contributed by atoms with van der Waals surface area (Å²) in [4.78, 5) is 23.4. The van der Waals surface area contributed by atoms with Crippen LogP contribution in [0.5, 0.6) is 5.75 Å². The number of nitrogens with one attached hydrogen (secondary N) is 3. The molecule has 1 fully saturated rings. The third-order valence-electron chi connectivity index (χ3n) is 3.45. The van der Waals surface area contributed by atoms with Crippen molar-refractivity contribution in [1.29, 1.82) is 0 Å². The Balaban J connectivity index is 0.00000242. The van der Waals surface area contributed by atoms with Crippen LogP contribution in [0.4, 0.5) is 11.4 Å². The molecule has 2 amide bonds. The van der Waals surface area contributed by atoms with E-state index < -0.39 is 0 Å². The number of benzene rings is 1. The molecule has 1 aromatic carbocycles. The van der Waals surface area contributed by atoms with Gasteiger partial charge in [-0.15, -0.1) is 12.4 Å². The largest absolute Gasteiger partial charge is 0.495 e. The summed E-state index contributed by atoms with van der Waals surface area (Å²) < 4.78 is 5.25. The van der Waals surface area contributed by atoms with E-state index in [-0.39, 0.29) is 30.1 Å². The minimum absolute atomic E-state index is 0. The highest BCUT2D eigenvalue weighted by atomic mass is 35.5.